The van der Waals surface area contributed by atoms with Crippen LogP contribution < -0.4 is 4.90 Å². The summed E-state index contributed by atoms with van der Waals surface area (Å²) < 4.78 is 4.60. The van der Waals surface area contributed by atoms with Crippen LogP contribution in [0.25, 0.3) is 0 Å². The molecule has 0 aromatic carbocycles. The molecule has 1 saturated heterocycles. The van der Waals surface area contributed by atoms with E-state index in [1.165, 1.54) is 25.0 Å². The Hall–Kier alpha value is -1.89. The van der Waals surface area contributed by atoms with Gasteiger partial charge in [0.1, 0.15) is 5.82 Å². The van der Waals surface area contributed by atoms with Gasteiger partial charge in [-0.2, -0.15) is 0 Å². The number of esters is 1. The van der Waals surface area contributed by atoms with Gasteiger partial charge < -0.3 is 4.74 Å². The number of nitrogens with zero attached hydrogens (tertiary/aromatic N) is 2. The second-order valence-corrected chi connectivity index (χ2v) is 5.79. The van der Waals surface area contributed by atoms with Crippen molar-refractivity contribution in [1.29, 1.82) is 0 Å². The zero-order valence-electron chi connectivity index (χ0n) is 11.2. The van der Waals surface area contributed by atoms with Gasteiger partial charge in [-0.25, -0.2) is 9.78 Å². The summed E-state index contributed by atoms with van der Waals surface area (Å²) in [4.78, 5) is 40.1. The molecule has 0 saturated carbocycles. The van der Waals surface area contributed by atoms with E-state index in [9.17, 15) is 14.4 Å². The van der Waals surface area contributed by atoms with Crippen LogP contribution in [-0.2, 0) is 14.3 Å². The number of carbonyl (C=O) groups excluding carboxylic acids is 3. The molecule has 6 nitrogen and oxygen atoms in total. The minimum absolute atomic E-state index is 0.0130. The average Bonchev–Trinajstić information content (AvgIpc) is 2.78. The molecule has 0 bridgehead atoms. The Morgan fingerprint density at radius 1 is 1.45 bits per heavy atom. The van der Waals surface area contributed by atoms with E-state index >= 15 is 0 Å². The maximum Gasteiger partial charge on any atom is 0.356 e. The molecule has 1 aliphatic heterocycles. The summed E-state index contributed by atoms with van der Waals surface area (Å²) >= 11 is 1.16. The van der Waals surface area contributed by atoms with Crippen LogP contribution in [0, 0.1) is 0 Å². The first-order chi connectivity index (χ1) is 9.51. The number of aromatic nitrogens is 1. The number of anilines is 1. The Kier molecular flexibility index (Phi) is 4.39. The lowest BCUT2D eigenvalue weighted by atomic mass is 10.3. The summed E-state index contributed by atoms with van der Waals surface area (Å²) in [6.45, 7) is 1.90. The van der Waals surface area contributed by atoms with E-state index in [2.05, 4.69) is 9.72 Å². The van der Waals surface area contributed by atoms with Crippen LogP contribution in [-0.4, -0.2) is 40.9 Å². The highest BCUT2D eigenvalue weighted by atomic mass is 32.2. The molecule has 0 N–H and O–H groups in total. The number of pyridine rings is 1. The first-order valence-electron chi connectivity index (χ1n) is 6.04. The van der Waals surface area contributed by atoms with Crippen LogP contribution in [0.3, 0.4) is 0 Å². The van der Waals surface area contributed by atoms with Crippen LogP contribution in [0.1, 0.15) is 23.8 Å². The Morgan fingerprint density at radius 2 is 2.20 bits per heavy atom. The Morgan fingerprint density at radius 3 is 2.85 bits per heavy atom. The molecule has 7 heteroatoms. The summed E-state index contributed by atoms with van der Waals surface area (Å²) in [6, 6.07) is 4.83. The van der Waals surface area contributed by atoms with Crippen molar-refractivity contribution in [2.75, 3.05) is 18.6 Å². The van der Waals surface area contributed by atoms with Gasteiger partial charge in [-0.3, -0.25) is 14.5 Å². The number of ether oxygens (including phenoxy) is 1. The molecular weight excluding hydrogens is 280 g/mol. The van der Waals surface area contributed by atoms with Crippen molar-refractivity contribution < 1.29 is 19.1 Å². The van der Waals surface area contributed by atoms with Crippen molar-refractivity contribution in [3.05, 3.63) is 23.9 Å². The second-order valence-electron chi connectivity index (χ2n) is 4.31. The van der Waals surface area contributed by atoms with E-state index in [-0.39, 0.29) is 22.0 Å². The quantitative estimate of drug-likeness (QED) is 0.781. The summed E-state index contributed by atoms with van der Waals surface area (Å²) in [5.74, 6) is -0.240. The topological polar surface area (TPSA) is 76.6 Å². The molecule has 1 aromatic heterocycles. The van der Waals surface area contributed by atoms with Crippen molar-refractivity contribution >= 4 is 34.6 Å². The highest BCUT2D eigenvalue weighted by molar-refractivity contribution is 8.14. The maximum absolute atomic E-state index is 12.0. The van der Waals surface area contributed by atoms with Gasteiger partial charge in [-0.05, 0) is 12.1 Å². The van der Waals surface area contributed by atoms with E-state index in [0.717, 1.165) is 11.8 Å². The summed E-state index contributed by atoms with van der Waals surface area (Å²) in [5.41, 5.74) is 0.153. The van der Waals surface area contributed by atoms with E-state index in [4.69, 9.17) is 0 Å². The molecular formula is C13H14N2O4S. The second kappa shape index (κ2) is 6.04. The molecule has 0 aliphatic carbocycles. The third-order valence-electron chi connectivity index (χ3n) is 2.83. The molecule has 1 unspecified atom stereocenters. The molecule has 106 valence electrons. The van der Waals surface area contributed by atoms with Crippen molar-refractivity contribution in [3.63, 3.8) is 0 Å². The van der Waals surface area contributed by atoms with Crippen molar-refractivity contribution in [1.82, 2.24) is 4.98 Å². The van der Waals surface area contributed by atoms with E-state index < -0.39 is 5.97 Å². The fourth-order valence-electron chi connectivity index (χ4n) is 2.00. The number of rotatable bonds is 3. The number of methoxy groups -OCH3 is 1. The van der Waals surface area contributed by atoms with Crippen LogP contribution in [0.2, 0.25) is 0 Å². The number of hydrogen-bond acceptors (Lipinski definition) is 6. The fraction of sp³-hybridized carbons (Fsp3) is 0.385. The molecule has 0 radical (unpaired) electrons. The molecule has 1 aromatic rings. The van der Waals surface area contributed by atoms with E-state index in [0.29, 0.717) is 18.8 Å². The van der Waals surface area contributed by atoms with Crippen molar-refractivity contribution in [2.24, 2.45) is 0 Å². The Balaban J connectivity index is 2.17. The Labute approximate surface area is 120 Å². The molecule has 1 amide bonds. The van der Waals surface area contributed by atoms with Crippen molar-refractivity contribution in [3.8, 4) is 0 Å². The number of thioether (sulfide) groups is 1. The van der Waals surface area contributed by atoms with Gasteiger partial charge >= 0.3 is 5.97 Å². The van der Waals surface area contributed by atoms with Crippen molar-refractivity contribution in [2.45, 2.75) is 18.6 Å². The highest BCUT2D eigenvalue weighted by Gasteiger charge is 2.32. The SMILES string of the molecule is COC(=O)c1cccc(N2CC(SC(C)=O)CC2=O)n1. The molecule has 20 heavy (non-hydrogen) atoms. The molecule has 0 spiro atoms. The van der Waals surface area contributed by atoms with Gasteiger partial charge in [0.05, 0.1) is 7.11 Å². The van der Waals surface area contributed by atoms with Gasteiger partial charge in [0.15, 0.2) is 10.8 Å². The van der Waals surface area contributed by atoms with Gasteiger partial charge in [0.25, 0.3) is 0 Å². The highest BCUT2D eigenvalue weighted by Crippen LogP contribution is 2.27. The minimum atomic E-state index is -0.548. The number of hydrogen-bond donors (Lipinski definition) is 0. The van der Waals surface area contributed by atoms with Gasteiger partial charge in [-0.1, -0.05) is 17.8 Å². The molecule has 1 fully saturated rings. The monoisotopic (exact) mass is 294 g/mol. The van der Waals surface area contributed by atoms with Crippen LogP contribution in [0.5, 0.6) is 0 Å². The normalized spacial score (nSPS) is 18.2. The standard InChI is InChI=1S/C13H14N2O4S/c1-8(16)20-9-6-12(17)15(7-9)11-5-3-4-10(14-11)13(18)19-2/h3-5,9H,6-7H2,1-2H3. The predicted molar refractivity (Wildman–Crippen MR) is 74.6 cm³/mol. The van der Waals surface area contributed by atoms with Gasteiger partial charge in [-0.15, -0.1) is 0 Å². The first kappa shape index (κ1) is 14.5. The van der Waals surface area contributed by atoms with E-state index in [1.807, 2.05) is 0 Å². The average molecular weight is 294 g/mol. The lowest BCUT2D eigenvalue weighted by molar-refractivity contribution is -0.117. The third-order valence-corrected chi connectivity index (χ3v) is 3.81. The lowest BCUT2D eigenvalue weighted by Gasteiger charge is -2.15. The maximum atomic E-state index is 12.0. The largest absolute Gasteiger partial charge is 0.464 e. The zero-order chi connectivity index (χ0) is 14.7. The van der Waals surface area contributed by atoms with Gasteiger partial charge in [0.2, 0.25) is 5.91 Å². The number of carbonyl (C=O) groups is 3. The molecule has 1 atom stereocenters. The molecule has 2 rings (SSSR count). The van der Waals surface area contributed by atoms with Crippen LogP contribution >= 0.6 is 11.8 Å². The predicted octanol–water partition coefficient (Wildman–Crippen LogP) is 1.25. The third kappa shape index (κ3) is 3.16. The summed E-state index contributed by atoms with van der Waals surface area (Å²) in [7, 11) is 1.28. The van der Waals surface area contributed by atoms with E-state index in [1.54, 1.807) is 12.1 Å². The fourth-order valence-corrected chi connectivity index (χ4v) is 2.92. The van der Waals surface area contributed by atoms with Crippen LogP contribution in [0.4, 0.5) is 5.82 Å². The molecule has 1 aliphatic rings. The Bertz CT molecular complexity index is 561. The minimum Gasteiger partial charge on any atom is -0.464 e. The van der Waals surface area contributed by atoms with Gasteiger partial charge in [0, 0.05) is 25.1 Å². The zero-order valence-corrected chi connectivity index (χ0v) is 12.0. The first-order valence-corrected chi connectivity index (χ1v) is 6.92. The van der Waals surface area contributed by atoms with Crippen LogP contribution in [0.15, 0.2) is 18.2 Å². The molecule has 2 heterocycles. The summed E-state index contributed by atoms with van der Waals surface area (Å²) in [6.07, 6.45) is 0.300. The smallest absolute Gasteiger partial charge is 0.356 e. The summed E-state index contributed by atoms with van der Waals surface area (Å²) in [5, 5.41) is -0.0792. The number of amides is 1. The lowest BCUT2D eigenvalue weighted by Crippen LogP contribution is -2.26.